The van der Waals surface area contributed by atoms with Crippen LogP contribution in [0.25, 0.3) is 0 Å². The summed E-state index contributed by atoms with van der Waals surface area (Å²) in [5, 5.41) is 17.4. The second-order valence-electron chi connectivity index (χ2n) is 12.0. The summed E-state index contributed by atoms with van der Waals surface area (Å²) in [6.07, 6.45) is 31.7. The van der Waals surface area contributed by atoms with Gasteiger partial charge in [0.15, 0.2) is 0 Å². The lowest BCUT2D eigenvalue weighted by Gasteiger charge is -2.37. The lowest BCUT2D eigenvalue weighted by Crippen LogP contribution is -2.35. The van der Waals surface area contributed by atoms with Gasteiger partial charge in [-0.3, -0.25) is 14.6 Å². The van der Waals surface area contributed by atoms with Crippen LogP contribution >= 0.6 is 0 Å². The van der Waals surface area contributed by atoms with Crippen LogP contribution in [0.1, 0.15) is 168 Å². The van der Waals surface area contributed by atoms with Crippen LogP contribution in [0.4, 0.5) is 0 Å². The average molecular weight is 534 g/mol. The van der Waals surface area contributed by atoms with Gasteiger partial charge in [0.2, 0.25) is 0 Å². The van der Waals surface area contributed by atoms with Crippen molar-refractivity contribution in [1.29, 1.82) is 0 Å². The Bertz CT molecular complexity index is 686. The van der Waals surface area contributed by atoms with Gasteiger partial charge in [-0.05, 0) is 45.6 Å². The summed E-state index contributed by atoms with van der Waals surface area (Å²) in [7, 11) is 0. The van der Waals surface area contributed by atoms with Crippen LogP contribution in [0.2, 0.25) is 0 Å². The van der Waals surface area contributed by atoms with Gasteiger partial charge in [0.25, 0.3) is 0 Å². The van der Waals surface area contributed by atoms with E-state index in [4.69, 9.17) is 15.2 Å². The van der Waals surface area contributed by atoms with Gasteiger partial charge < -0.3 is 10.2 Å². The van der Waals surface area contributed by atoms with Crippen LogP contribution in [0.5, 0.6) is 0 Å². The van der Waals surface area contributed by atoms with E-state index in [1.54, 1.807) is 0 Å². The molecule has 0 aliphatic carbocycles. The van der Waals surface area contributed by atoms with Gasteiger partial charge in [-0.25, -0.2) is 0 Å². The third kappa shape index (κ3) is 17.8. The number of aliphatic carboxylic acids is 2. The summed E-state index contributed by atoms with van der Waals surface area (Å²) >= 11 is 0. The van der Waals surface area contributed by atoms with Crippen molar-refractivity contribution in [3.63, 3.8) is 0 Å². The first-order valence-electron chi connectivity index (χ1n) is 16.0. The largest absolute Gasteiger partial charge is 0.481 e. The molecule has 0 fully saturated rings. The van der Waals surface area contributed by atoms with E-state index in [1.807, 2.05) is 6.21 Å². The molecule has 1 aliphatic rings. The molecule has 38 heavy (non-hydrogen) atoms. The van der Waals surface area contributed by atoms with Crippen molar-refractivity contribution in [2.75, 3.05) is 0 Å². The van der Waals surface area contributed by atoms with E-state index in [-0.39, 0.29) is 5.54 Å². The van der Waals surface area contributed by atoms with Crippen molar-refractivity contribution in [2.24, 2.45) is 10.9 Å². The standard InChI is InChI=1S/C33H59NO4/c1-29-26-28-34-33(2,27-22-18-14-10-6-5-9-13-17-21-25-32(37)38)30(29)23-19-15-11-7-3-4-8-12-16-20-24-31(35)36/h26,28,30H,3-25,27H2,1-2H3,(H,35,36)(H,37,38). The number of hydrogen-bond acceptors (Lipinski definition) is 3. The van der Waals surface area contributed by atoms with Crippen LogP contribution in [0, 0.1) is 5.92 Å². The van der Waals surface area contributed by atoms with E-state index in [1.165, 1.54) is 121 Å². The average Bonchev–Trinajstić information content (AvgIpc) is 2.86. The maximum atomic E-state index is 10.5. The maximum absolute atomic E-state index is 10.5. The minimum atomic E-state index is -0.669. The van der Waals surface area contributed by atoms with E-state index in [2.05, 4.69) is 19.9 Å². The lowest BCUT2D eigenvalue weighted by atomic mass is 9.73. The Hall–Kier alpha value is -1.65. The van der Waals surface area contributed by atoms with Crippen molar-refractivity contribution in [2.45, 2.75) is 173 Å². The smallest absolute Gasteiger partial charge is 0.303 e. The molecule has 1 aliphatic heterocycles. The first-order chi connectivity index (χ1) is 18.3. The highest BCUT2D eigenvalue weighted by Gasteiger charge is 2.34. The third-order valence-corrected chi connectivity index (χ3v) is 8.46. The first kappa shape index (κ1) is 34.4. The van der Waals surface area contributed by atoms with Crippen LogP contribution in [0.15, 0.2) is 16.6 Å². The molecule has 2 N–H and O–H groups in total. The Balaban J connectivity index is 2.07. The lowest BCUT2D eigenvalue weighted by molar-refractivity contribution is -0.138. The molecule has 0 radical (unpaired) electrons. The highest BCUT2D eigenvalue weighted by Crippen LogP contribution is 2.38. The molecule has 0 bridgehead atoms. The molecule has 2 unspecified atom stereocenters. The Labute approximate surface area is 234 Å². The molecule has 0 saturated heterocycles. The molecule has 5 nitrogen and oxygen atoms in total. The molecular weight excluding hydrogens is 474 g/mol. The molecule has 2 atom stereocenters. The highest BCUT2D eigenvalue weighted by atomic mass is 16.4. The fourth-order valence-corrected chi connectivity index (χ4v) is 6.01. The van der Waals surface area contributed by atoms with Gasteiger partial charge in [0, 0.05) is 25.0 Å². The molecule has 1 heterocycles. The number of rotatable bonds is 26. The third-order valence-electron chi connectivity index (χ3n) is 8.46. The second-order valence-corrected chi connectivity index (χ2v) is 12.0. The van der Waals surface area contributed by atoms with Crippen molar-refractivity contribution in [1.82, 2.24) is 0 Å². The number of allylic oxidation sites excluding steroid dienone is 1. The summed E-state index contributed by atoms with van der Waals surface area (Å²) in [5.74, 6) is -0.755. The SMILES string of the molecule is CC1=CC=NC(C)(CCCCCCCCCCCCC(=O)O)C1CCCCCCCCCCCCC(=O)O. The minimum absolute atomic E-state index is 0.0649. The number of nitrogens with zero attached hydrogens (tertiary/aromatic N) is 1. The van der Waals surface area contributed by atoms with Crippen molar-refractivity contribution in [3.8, 4) is 0 Å². The summed E-state index contributed by atoms with van der Waals surface area (Å²) in [4.78, 5) is 26.1. The Kier molecular flexibility index (Phi) is 20.1. The Morgan fingerprint density at radius 2 is 1.03 bits per heavy atom. The van der Waals surface area contributed by atoms with Crippen LogP contribution in [0.3, 0.4) is 0 Å². The van der Waals surface area contributed by atoms with Gasteiger partial charge in [-0.2, -0.15) is 0 Å². The quantitative estimate of drug-likeness (QED) is 0.108. The van der Waals surface area contributed by atoms with E-state index in [0.717, 1.165) is 25.7 Å². The fraction of sp³-hybridized carbons (Fsp3) is 0.848. The van der Waals surface area contributed by atoms with Gasteiger partial charge in [0.05, 0.1) is 5.54 Å². The maximum Gasteiger partial charge on any atom is 0.303 e. The first-order valence-corrected chi connectivity index (χ1v) is 16.0. The van der Waals surface area contributed by atoms with E-state index in [9.17, 15) is 9.59 Å². The van der Waals surface area contributed by atoms with Crippen molar-refractivity contribution < 1.29 is 19.8 Å². The summed E-state index contributed by atoms with van der Waals surface area (Å²) in [6.45, 7) is 4.68. The normalized spacial score (nSPS) is 19.0. The molecule has 0 aromatic rings. The van der Waals surface area contributed by atoms with Crippen LogP contribution in [-0.2, 0) is 9.59 Å². The van der Waals surface area contributed by atoms with Gasteiger partial charge in [-0.15, -0.1) is 0 Å². The van der Waals surface area contributed by atoms with Gasteiger partial charge in [0.1, 0.15) is 0 Å². The molecular formula is C33H59NO4. The number of hydrogen-bond donors (Lipinski definition) is 2. The zero-order valence-electron chi connectivity index (χ0n) is 24.9. The minimum Gasteiger partial charge on any atom is -0.481 e. The molecule has 5 heteroatoms. The predicted octanol–water partition coefficient (Wildman–Crippen LogP) is 9.92. The number of dihydropyridines is 1. The topological polar surface area (TPSA) is 87.0 Å². The number of unbranched alkanes of at least 4 members (excludes halogenated alkanes) is 18. The van der Waals surface area contributed by atoms with E-state index in [0.29, 0.717) is 18.8 Å². The number of carboxylic acid groups (broad SMARTS) is 2. The summed E-state index contributed by atoms with van der Waals surface area (Å²) in [6, 6.07) is 0. The zero-order valence-corrected chi connectivity index (χ0v) is 24.9. The molecule has 0 amide bonds. The van der Waals surface area contributed by atoms with E-state index >= 15 is 0 Å². The summed E-state index contributed by atoms with van der Waals surface area (Å²) < 4.78 is 0. The second kappa shape index (κ2) is 22.2. The zero-order chi connectivity index (χ0) is 27.9. The molecule has 220 valence electrons. The van der Waals surface area contributed by atoms with Gasteiger partial charge in [-0.1, -0.05) is 121 Å². The molecule has 0 saturated carbocycles. The van der Waals surface area contributed by atoms with Crippen molar-refractivity contribution in [3.05, 3.63) is 11.6 Å². The predicted molar refractivity (Wildman–Crippen MR) is 160 cm³/mol. The molecule has 1 rings (SSSR count). The molecule has 0 aromatic heterocycles. The van der Waals surface area contributed by atoms with Crippen LogP contribution < -0.4 is 0 Å². The Morgan fingerprint density at radius 1 is 0.658 bits per heavy atom. The van der Waals surface area contributed by atoms with Gasteiger partial charge >= 0.3 is 11.9 Å². The van der Waals surface area contributed by atoms with Crippen LogP contribution in [-0.4, -0.2) is 33.9 Å². The monoisotopic (exact) mass is 533 g/mol. The molecule has 0 aromatic carbocycles. The molecule has 0 spiro atoms. The highest BCUT2D eigenvalue weighted by molar-refractivity contribution is 5.74. The van der Waals surface area contributed by atoms with E-state index < -0.39 is 11.9 Å². The number of carboxylic acids is 2. The number of carbonyl (C=O) groups is 2. The summed E-state index contributed by atoms with van der Waals surface area (Å²) in [5.41, 5.74) is 1.57. The number of aliphatic imine (C=N–C) groups is 1. The van der Waals surface area contributed by atoms with Crippen molar-refractivity contribution >= 4 is 18.2 Å². The Morgan fingerprint density at radius 3 is 1.45 bits per heavy atom. The fourth-order valence-electron chi connectivity index (χ4n) is 6.01.